The van der Waals surface area contributed by atoms with Crippen molar-refractivity contribution in [3.63, 3.8) is 0 Å². The molecule has 0 radical (unpaired) electrons. The molecule has 1 aliphatic heterocycles. The Morgan fingerprint density at radius 2 is 2.04 bits per heavy atom. The van der Waals surface area contributed by atoms with Crippen molar-refractivity contribution in [2.75, 3.05) is 33.3 Å². The van der Waals surface area contributed by atoms with Crippen LogP contribution in [0.3, 0.4) is 0 Å². The highest BCUT2D eigenvalue weighted by atomic mass is 79.9. The van der Waals surface area contributed by atoms with E-state index in [1.54, 1.807) is 18.4 Å². The number of thiophene rings is 1. The number of nitrogens with zero attached hydrogens (tertiary/aromatic N) is 1. The Morgan fingerprint density at radius 3 is 2.67 bits per heavy atom. The molecule has 24 heavy (non-hydrogen) atoms. The van der Waals surface area contributed by atoms with Gasteiger partial charge in [0.05, 0.1) is 47.5 Å². The van der Waals surface area contributed by atoms with Crippen LogP contribution < -0.4 is 9.64 Å². The summed E-state index contributed by atoms with van der Waals surface area (Å²) in [5, 5.41) is 0. The van der Waals surface area contributed by atoms with Gasteiger partial charge in [0.1, 0.15) is 12.3 Å². The van der Waals surface area contributed by atoms with Crippen LogP contribution in [0.4, 0.5) is 0 Å². The van der Waals surface area contributed by atoms with E-state index in [1.807, 2.05) is 30.0 Å². The van der Waals surface area contributed by atoms with E-state index in [0.717, 1.165) is 38.3 Å². The highest BCUT2D eigenvalue weighted by Crippen LogP contribution is 2.22. The first-order valence-corrected chi connectivity index (χ1v) is 9.69. The zero-order chi connectivity index (χ0) is 17.1. The maximum absolute atomic E-state index is 12.8. The SMILES string of the molecule is COc1ccc(C)cc1C(=O)N1CC[NH+](Cc2ccc(Br)s2)CC1. The zero-order valence-electron chi connectivity index (χ0n) is 14.0. The summed E-state index contributed by atoms with van der Waals surface area (Å²) in [6.07, 6.45) is 0. The first-order valence-electron chi connectivity index (χ1n) is 8.08. The van der Waals surface area contributed by atoms with E-state index in [1.165, 1.54) is 13.6 Å². The van der Waals surface area contributed by atoms with E-state index in [9.17, 15) is 4.79 Å². The second kappa shape index (κ2) is 7.68. The monoisotopic (exact) mass is 409 g/mol. The summed E-state index contributed by atoms with van der Waals surface area (Å²) in [7, 11) is 1.61. The molecule has 1 N–H and O–H groups in total. The molecule has 3 rings (SSSR count). The van der Waals surface area contributed by atoms with Crippen LogP contribution in [0.1, 0.15) is 20.8 Å². The highest BCUT2D eigenvalue weighted by molar-refractivity contribution is 9.11. The van der Waals surface area contributed by atoms with Crippen molar-refractivity contribution in [2.45, 2.75) is 13.5 Å². The second-order valence-corrected chi connectivity index (χ2v) is 8.68. The summed E-state index contributed by atoms with van der Waals surface area (Å²) in [6.45, 7) is 6.57. The molecule has 128 valence electrons. The van der Waals surface area contributed by atoms with Gasteiger partial charge in [0.25, 0.3) is 5.91 Å². The van der Waals surface area contributed by atoms with Crippen LogP contribution in [0, 0.1) is 6.92 Å². The number of ether oxygens (including phenoxy) is 1. The maximum Gasteiger partial charge on any atom is 0.258 e. The molecule has 2 heterocycles. The number of amides is 1. The Bertz CT molecular complexity index is 724. The summed E-state index contributed by atoms with van der Waals surface area (Å²) in [4.78, 5) is 17.7. The number of halogens is 1. The first kappa shape index (κ1) is 17.5. The van der Waals surface area contributed by atoms with E-state index < -0.39 is 0 Å². The predicted molar refractivity (Wildman–Crippen MR) is 100 cm³/mol. The van der Waals surface area contributed by atoms with Crippen LogP contribution in [0.5, 0.6) is 5.75 Å². The standard InChI is InChI=1S/C18H21BrN2O2S/c1-13-3-5-16(23-2)15(11-13)18(22)21-9-7-20(8-10-21)12-14-4-6-17(19)24-14/h3-6,11H,7-10,12H2,1-2H3/p+1. The number of piperazine rings is 1. The number of aryl methyl sites for hydroxylation is 1. The number of carbonyl (C=O) groups excluding carboxylic acids is 1. The number of rotatable bonds is 4. The summed E-state index contributed by atoms with van der Waals surface area (Å²) in [6, 6.07) is 10.0. The van der Waals surface area contributed by atoms with Gasteiger partial charge in [0, 0.05) is 0 Å². The lowest BCUT2D eigenvalue weighted by molar-refractivity contribution is -0.917. The van der Waals surface area contributed by atoms with Gasteiger partial charge in [-0.25, -0.2) is 0 Å². The van der Waals surface area contributed by atoms with Crippen molar-refractivity contribution >= 4 is 33.2 Å². The van der Waals surface area contributed by atoms with Crippen LogP contribution >= 0.6 is 27.3 Å². The van der Waals surface area contributed by atoms with Gasteiger partial charge in [-0.15, -0.1) is 11.3 Å². The Morgan fingerprint density at radius 1 is 1.29 bits per heavy atom. The van der Waals surface area contributed by atoms with Crippen molar-refractivity contribution in [3.8, 4) is 5.75 Å². The predicted octanol–water partition coefficient (Wildman–Crippen LogP) is 2.37. The van der Waals surface area contributed by atoms with Crippen molar-refractivity contribution in [2.24, 2.45) is 0 Å². The van der Waals surface area contributed by atoms with Crippen molar-refractivity contribution in [3.05, 3.63) is 50.1 Å². The minimum atomic E-state index is 0.0773. The van der Waals surface area contributed by atoms with Crippen LogP contribution in [0.25, 0.3) is 0 Å². The average molecular weight is 410 g/mol. The van der Waals surface area contributed by atoms with Crippen molar-refractivity contribution in [1.29, 1.82) is 0 Å². The molecule has 0 saturated carbocycles. The fourth-order valence-corrected chi connectivity index (χ4v) is 4.61. The summed E-state index contributed by atoms with van der Waals surface area (Å²) in [5.74, 6) is 0.734. The van der Waals surface area contributed by atoms with Crippen LogP contribution in [-0.2, 0) is 6.54 Å². The number of quaternary nitrogens is 1. The molecule has 1 saturated heterocycles. The summed E-state index contributed by atoms with van der Waals surface area (Å²) in [5.41, 5.74) is 1.75. The molecule has 0 aliphatic carbocycles. The Balaban J connectivity index is 1.62. The molecule has 2 aromatic rings. The number of methoxy groups -OCH3 is 1. The minimum Gasteiger partial charge on any atom is -0.496 e. The Labute approximate surface area is 155 Å². The lowest BCUT2D eigenvalue weighted by Crippen LogP contribution is -3.13. The zero-order valence-corrected chi connectivity index (χ0v) is 16.4. The molecule has 0 atom stereocenters. The topological polar surface area (TPSA) is 34.0 Å². The lowest BCUT2D eigenvalue weighted by atomic mass is 10.1. The summed E-state index contributed by atoms with van der Waals surface area (Å²) < 4.78 is 6.54. The van der Waals surface area contributed by atoms with E-state index in [2.05, 4.69) is 28.1 Å². The first-order chi connectivity index (χ1) is 11.6. The molecule has 1 fully saturated rings. The Kier molecular flexibility index (Phi) is 5.58. The lowest BCUT2D eigenvalue weighted by Gasteiger charge is -2.32. The molecule has 1 aromatic carbocycles. The molecular weight excluding hydrogens is 388 g/mol. The maximum atomic E-state index is 12.8. The van der Waals surface area contributed by atoms with Gasteiger partial charge in [-0.2, -0.15) is 0 Å². The van der Waals surface area contributed by atoms with Crippen LogP contribution in [0.2, 0.25) is 0 Å². The van der Waals surface area contributed by atoms with Gasteiger partial charge < -0.3 is 14.5 Å². The quantitative estimate of drug-likeness (QED) is 0.840. The van der Waals surface area contributed by atoms with E-state index in [0.29, 0.717) is 11.3 Å². The minimum absolute atomic E-state index is 0.0773. The largest absolute Gasteiger partial charge is 0.496 e. The van der Waals surface area contributed by atoms with E-state index >= 15 is 0 Å². The van der Waals surface area contributed by atoms with Crippen LogP contribution in [0.15, 0.2) is 34.1 Å². The number of hydrogen-bond acceptors (Lipinski definition) is 3. The van der Waals surface area contributed by atoms with Gasteiger partial charge in [-0.05, 0) is 47.1 Å². The molecular formula is C18H22BrN2O2S+. The second-order valence-electron chi connectivity index (χ2n) is 6.13. The molecule has 6 heteroatoms. The fraction of sp³-hybridized carbons (Fsp3) is 0.389. The van der Waals surface area contributed by atoms with Gasteiger partial charge in [-0.1, -0.05) is 11.6 Å². The molecule has 0 bridgehead atoms. The molecule has 1 amide bonds. The van der Waals surface area contributed by atoms with Gasteiger partial charge in [-0.3, -0.25) is 4.79 Å². The normalized spacial score (nSPS) is 15.5. The van der Waals surface area contributed by atoms with Crippen molar-refractivity contribution < 1.29 is 14.4 Å². The Hall–Kier alpha value is -1.37. The number of hydrogen-bond donors (Lipinski definition) is 1. The highest BCUT2D eigenvalue weighted by Gasteiger charge is 2.26. The smallest absolute Gasteiger partial charge is 0.258 e. The average Bonchev–Trinajstić information content (AvgIpc) is 3.00. The third-order valence-electron chi connectivity index (χ3n) is 4.40. The number of carbonyl (C=O) groups is 1. The van der Waals surface area contributed by atoms with Crippen LogP contribution in [-0.4, -0.2) is 44.1 Å². The van der Waals surface area contributed by atoms with Crippen molar-refractivity contribution in [1.82, 2.24) is 4.90 Å². The third-order valence-corrected chi connectivity index (χ3v) is 6.02. The number of nitrogens with one attached hydrogen (secondary N) is 1. The van der Waals surface area contributed by atoms with Gasteiger partial charge in [0.15, 0.2) is 0 Å². The molecule has 4 nitrogen and oxygen atoms in total. The van der Waals surface area contributed by atoms with E-state index in [4.69, 9.17) is 4.74 Å². The molecule has 0 spiro atoms. The summed E-state index contributed by atoms with van der Waals surface area (Å²) >= 11 is 5.31. The van der Waals surface area contributed by atoms with Gasteiger partial charge in [0.2, 0.25) is 0 Å². The van der Waals surface area contributed by atoms with E-state index in [-0.39, 0.29) is 5.91 Å². The fourth-order valence-electron chi connectivity index (χ4n) is 3.06. The molecule has 1 aromatic heterocycles. The molecule has 0 unspecified atom stereocenters. The third kappa shape index (κ3) is 3.99. The number of benzene rings is 1. The molecule has 1 aliphatic rings. The van der Waals surface area contributed by atoms with Gasteiger partial charge >= 0.3 is 0 Å².